The highest BCUT2D eigenvalue weighted by Gasteiger charge is 2.53. The third kappa shape index (κ3) is 3.63. The molecule has 4 atom stereocenters. The average molecular weight is 349 g/mol. The Hall–Kier alpha value is -0.580. The first-order chi connectivity index (χ1) is 12.2. The van der Waals surface area contributed by atoms with Crippen molar-refractivity contribution >= 4 is 0 Å². The molecular weight excluding hydrogens is 312 g/mol. The summed E-state index contributed by atoms with van der Waals surface area (Å²) in [6, 6.07) is 1.23. The minimum absolute atomic E-state index is 0.585. The summed E-state index contributed by atoms with van der Waals surface area (Å²) in [5.74, 6) is 6.57. The molecule has 0 aromatic heterocycles. The molecule has 0 amide bonds. The van der Waals surface area contributed by atoms with Gasteiger partial charge < -0.3 is 9.57 Å². The minimum atomic E-state index is 0.585. The third-order valence-electron chi connectivity index (χ3n) is 7.76. The van der Waals surface area contributed by atoms with Gasteiger partial charge in [0.05, 0.1) is 12.9 Å². The van der Waals surface area contributed by atoms with Gasteiger partial charge in [-0.05, 0) is 93.8 Å². The molecule has 4 unspecified atom stereocenters. The van der Waals surface area contributed by atoms with Gasteiger partial charge in [0.1, 0.15) is 6.73 Å². The Morgan fingerprint density at radius 2 is 1.36 bits per heavy atom. The largest absolute Gasteiger partial charge is 0.484 e. The van der Waals surface area contributed by atoms with E-state index in [9.17, 15) is 0 Å². The van der Waals surface area contributed by atoms with Crippen molar-refractivity contribution in [2.45, 2.75) is 70.4 Å². The lowest BCUT2D eigenvalue weighted by Crippen LogP contribution is -2.56. The van der Waals surface area contributed by atoms with Gasteiger partial charge in [-0.2, -0.15) is 5.48 Å². The smallest absolute Gasteiger partial charge is 0.139 e. The van der Waals surface area contributed by atoms with E-state index >= 15 is 0 Å². The zero-order chi connectivity index (χ0) is 17.4. The molecule has 0 heterocycles. The molecule has 142 valence electrons. The highest BCUT2D eigenvalue weighted by Crippen LogP contribution is 2.59. The van der Waals surface area contributed by atoms with E-state index in [1.807, 2.05) is 6.92 Å². The predicted octanol–water partition coefficient (Wildman–Crippen LogP) is 3.84. The fourth-order valence-corrected chi connectivity index (χ4v) is 7.12. The van der Waals surface area contributed by atoms with Crippen molar-refractivity contribution in [1.82, 2.24) is 10.8 Å². The maximum Gasteiger partial charge on any atom is 0.139 e. The molecule has 4 rings (SSSR count). The quantitative estimate of drug-likeness (QED) is 0.435. The van der Waals surface area contributed by atoms with Gasteiger partial charge in [0, 0.05) is 12.1 Å². The number of hydrogen-bond acceptors (Lipinski definition) is 4. The summed E-state index contributed by atoms with van der Waals surface area (Å²) in [4.78, 5) is 5.27. The molecule has 0 bridgehead atoms. The first-order valence-electron chi connectivity index (χ1n) is 10.5. The van der Waals surface area contributed by atoms with E-state index in [1.54, 1.807) is 7.11 Å². The van der Waals surface area contributed by atoms with Gasteiger partial charge in [-0.1, -0.05) is 6.58 Å². The SMILES string of the molecule is C=C(C)OCNC1CC2CCC3CC(NOC)CC4CCC(C1)C2C34. The number of hydrogen-bond donors (Lipinski definition) is 2. The molecule has 4 aliphatic rings. The highest BCUT2D eigenvalue weighted by molar-refractivity contribution is 5.04. The second-order valence-corrected chi connectivity index (χ2v) is 9.20. The standard InChI is InChI=1S/C21H36N2O2/c1-13(2)25-12-22-18-8-14-4-6-16-10-19(23-24-3)11-17-7-5-15(9-18)20(14)21(16)17/h14-23H,1,4-12H2,2-3H3. The van der Waals surface area contributed by atoms with Crippen molar-refractivity contribution in [3.05, 3.63) is 12.3 Å². The van der Waals surface area contributed by atoms with Gasteiger partial charge in [0.15, 0.2) is 0 Å². The van der Waals surface area contributed by atoms with Crippen LogP contribution in [0.1, 0.15) is 58.3 Å². The molecule has 4 fully saturated rings. The van der Waals surface area contributed by atoms with E-state index in [-0.39, 0.29) is 0 Å². The van der Waals surface area contributed by atoms with Crippen LogP contribution in [0.3, 0.4) is 0 Å². The Balaban J connectivity index is 1.41. The summed E-state index contributed by atoms with van der Waals surface area (Å²) in [5.41, 5.74) is 3.28. The van der Waals surface area contributed by atoms with Crippen LogP contribution in [0.2, 0.25) is 0 Å². The zero-order valence-electron chi connectivity index (χ0n) is 16.0. The van der Waals surface area contributed by atoms with Crippen LogP contribution in [0.4, 0.5) is 0 Å². The van der Waals surface area contributed by atoms with Crippen LogP contribution in [0.5, 0.6) is 0 Å². The summed E-state index contributed by atoms with van der Waals surface area (Å²) in [7, 11) is 1.77. The molecule has 0 aliphatic heterocycles. The summed E-state index contributed by atoms with van der Waals surface area (Å²) < 4.78 is 5.56. The maximum atomic E-state index is 5.56. The van der Waals surface area contributed by atoms with Crippen LogP contribution >= 0.6 is 0 Å². The van der Waals surface area contributed by atoms with Crippen molar-refractivity contribution in [2.24, 2.45) is 35.5 Å². The molecule has 4 aliphatic carbocycles. The average Bonchev–Trinajstić information content (AvgIpc) is 2.59. The van der Waals surface area contributed by atoms with Crippen LogP contribution in [-0.4, -0.2) is 25.9 Å². The van der Waals surface area contributed by atoms with E-state index in [1.165, 1.54) is 51.4 Å². The van der Waals surface area contributed by atoms with Crippen molar-refractivity contribution < 1.29 is 9.57 Å². The molecule has 4 saturated carbocycles. The van der Waals surface area contributed by atoms with Crippen LogP contribution < -0.4 is 10.8 Å². The Morgan fingerprint density at radius 1 is 0.880 bits per heavy atom. The van der Waals surface area contributed by atoms with E-state index in [0.717, 1.165) is 41.3 Å². The number of allylic oxidation sites excluding steroid dienone is 1. The van der Waals surface area contributed by atoms with E-state index < -0.39 is 0 Å². The van der Waals surface area contributed by atoms with E-state index in [4.69, 9.17) is 9.57 Å². The van der Waals surface area contributed by atoms with Gasteiger partial charge in [-0.25, -0.2) is 0 Å². The minimum Gasteiger partial charge on any atom is -0.484 e. The van der Waals surface area contributed by atoms with Crippen LogP contribution in [0.15, 0.2) is 12.3 Å². The monoisotopic (exact) mass is 348 g/mol. The fraction of sp³-hybridized carbons (Fsp3) is 0.905. The molecule has 0 spiro atoms. The van der Waals surface area contributed by atoms with Gasteiger partial charge >= 0.3 is 0 Å². The maximum absolute atomic E-state index is 5.56. The van der Waals surface area contributed by atoms with Crippen LogP contribution in [0, 0.1) is 35.5 Å². The molecule has 0 saturated heterocycles. The lowest BCUT2D eigenvalue weighted by Gasteiger charge is -2.59. The molecule has 2 N–H and O–H groups in total. The summed E-state index contributed by atoms with van der Waals surface area (Å²) in [5, 5.41) is 3.65. The summed E-state index contributed by atoms with van der Waals surface area (Å²) >= 11 is 0. The van der Waals surface area contributed by atoms with Crippen molar-refractivity contribution in [3.63, 3.8) is 0 Å². The Bertz CT molecular complexity index is 455. The zero-order valence-corrected chi connectivity index (χ0v) is 16.0. The second-order valence-electron chi connectivity index (χ2n) is 9.20. The summed E-state index contributed by atoms with van der Waals surface area (Å²) in [6.07, 6.45) is 11.1. The first kappa shape index (κ1) is 17.8. The topological polar surface area (TPSA) is 42.5 Å². The van der Waals surface area contributed by atoms with Crippen LogP contribution in [-0.2, 0) is 9.57 Å². The van der Waals surface area contributed by atoms with Crippen molar-refractivity contribution in [2.75, 3.05) is 13.8 Å². The second kappa shape index (κ2) is 7.58. The Kier molecular flexibility index (Phi) is 5.40. The number of hydroxylamine groups is 1. The molecule has 25 heavy (non-hydrogen) atoms. The van der Waals surface area contributed by atoms with Crippen molar-refractivity contribution in [1.29, 1.82) is 0 Å². The molecule has 0 aromatic carbocycles. The lowest BCUT2D eigenvalue weighted by atomic mass is 9.47. The predicted molar refractivity (Wildman–Crippen MR) is 99.5 cm³/mol. The van der Waals surface area contributed by atoms with Gasteiger partial charge in [0.25, 0.3) is 0 Å². The third-order valence-corrected chi connectivity index (χ3v) is 7.76. The number of rotatable bonds is 6. The first-order valence-corrected chi connectivity index (χ1v) is 10.5. The van der Waals surface area contributed by atoms with Gasteiger partial charge in [-0.15, -0.1) is 0 Å². The van der Waals surface area contributed by atoms with Crippen LogP contribution in [0.25, 0.3) is 0 Å². The van der Waals surface area contributed by atoms with E-state index in [0.29, 0.717) is 18.8 Å². The molecule has 0 aromatic rings. The molecule has 4 nitrogen and oxygen atoms in total. The highest BCUT2D eigenvalue weighted by atomic mass is 16.6. The van der Waals surface area contributed by atoms with Gasteiger partial charge in [-0.3, -0.25) is 5.32 Å². The molecular formula is C21H36N2O2. The number of ether oxygens (including phenoxy) is 1. The van der Waals surface area contributed by atoms with Crippen molar-refractivity contribution in [3.8, 4) is 0 Å². The van der Waals surface area contributed by atoms with E-state index in [2.05, 4.69) is 17.4 Å². The number of nitrogens with one attached hydrogen (secondary N) is 2. The fourth-order valence-electron chi connectivity index (χ4n) is 7.12. The van der Waals surface area contributed by atoms with Gasteiger partial charge in [0.2, 0.25) is 0 Å². The molecule has 4 heteroatoms. The summed E-state index contributed by atoms with van der Waals surface area (Å²) in [6.45, 7) is 6.38. The lowest BCUT2D eigenvalue weighted by molar-refractivity contribution is -0.102. The normalized spacial score (nSPS) is 45.5. The Morgan fingerprint density at radius 3 is 1.80 bits per heavy atom. The Labute approximate surface area is 153 Å². The molecule has 0 radical (unpaired) electrons.